The molecule has 0 aromatic heterocycles. The summed E-state index contributed by atoms with van der Waals surface area (Å²) < 4.78 is 0. The number of carbonyl (C=O) groups excluding carboxylic acids is 1. The summed E-state index contributed by atoms with van der Waals surface area (Å²) in [6.07, 6.45) is 0.147. The molecule has 1 atom stereocenters. The van der Waals surface area contributed by atoms with Gasteiger partial charge in [0.15, 0.2) is 0 Å². The molecule has 0 fully saturated rings. The van der Waals surface area contributed by atoms with Crippen LogP contribution >= 0.6 is 0 Å². The van der Waals surface area contributed by atoms with Crippen molar-refractivity contribution in [1.29, 1.82) is 0 Å². The molecule has 0 saturated heterocycles. The summed E-state index contributed by atoms with van der Waals surface area (Å²) in [5.74, 6) is 0. The van der Waals surface area contributed by atoms with E-state index in [1.165, 1.54) is 0 Å². The number of carbonyl (C=O) groups is 1. The van der Waals surface area contributed by atoms with Crippen LogP contribution in [0.1, 0.15) is 18.9 Å². The maximum atomic E-state index is 11.4. The highest BCUT2D eigenvalue weighted by Gasteiger charge is 2.04. The summed E-state index contributed by atoms with van der Waals surface area (Å²) in [5, 5.41) is 14.6. The number of aliphatic hydroxyl groups is 1. The number of hydrogen-bond donors (Lipinski definition) is 3. The average molecular weight is 222 g/mol. The zero-order valence-electron chi connectivity index (χ0n) is 9.66. The molecule has 0 aliphatic carbocycles. The average Bonchev–Trinajstić information content (AvgIpc) is 2.26. The van der Waals surface area contributed by atoms with Crippen molar-refractivity contribution in [3.8, 4) is 0 Å². The molecule has 0 aliphatic heterocycles. The molecule has 0 spiro atoms. The minimum Gasteiger partial charge on any atom is -0.391 e. The lowest BCUT2D eigenvalue weighted by Gasteiger charge is -2.10. The van der Waals surface area contributed by atoms with E-state index in [4.69, 9.17) is 0 Å². The molecule has 2 amide bonds. The highest BCUT2D eigenvalue weighted by molar-refractivity contribution is 5.89. The Balaban J connectivity index is 2.40. The Morgan fingerprint density at radius 1 is 1.50 bits per heavy atom. The first kappa shape index (κ1) is 12.5. The maximum absolute atomic E-state index is 11.4. The third-order valence-electron chi connectivity index (χ3n) is 2.25. The molecule has 1 unspecified atom stereocenters. The second-order valence-electron chi connectivity index (χ2n) is 3.77. The smallest absolute Gasteiger partial charge is 0.319 e. The molecular formula is C12H18N2O2. The summed E-state index contributed by atoms with van der Waals surface area (Å²) >= 11 is 0. The van der Waals surface area contributed by atoms with Crippen molar-refractivity contribution in [1.82, 2.24) is 5.32 Å². The highest BCUT2D eigenvalue weighted by Crippen LogP contribution is 2.08. The monoisotopic (exact) mass is 222 g/mol. The van der Waals surface area contributed by atoms with E-state index in [0.717, 1.165) is 11.3 Å². The van der Waals surface area contributed by atoms with Gasteiger partial charge in [-0.05, 0) is 31.0 Å². The van der Waals surface area contributed by atoms with Crippen molar-refractivity contribution in [3.63, 3.8) is 0 Å². The number of rotatable bonds is 4. The molecule has 0 radical (unpaired) electrons. The zero-order chi connectivity index (χ0) is 12.0. The van der Waals surface area contributed by atoms with E-state index >= 15 is 0 Å². The van der Waals surface area contributed by atoms with Crippen LogP contribution in [0, 0.1) is 6.92 Å². The largest absolute Gasteiger partial charge is 0.391 e. The predicted octanol–water partition coefficient (Wildman–Crippen LogP) is 1.89. The molecule has 4 heteroatoms. The van der Waals surface area contributed by atoms with E-state index < -0.39 is 6.10 Å². The lowest BCUT2D eigenvalue weighted by atomic mass is 10.2. The summed E-state index contributed by atoms with van der Waals surface area (Å²) in [6.45, 7) is 4.10. The van der Waals surface area contributed by atoms with Crippen molar-refractivity contribution in [2.75, 3.05) is 11.9 Å². The fourth-order valence-corrected chi connectivity index (χ4v) is 1.25. The minimum absolute atomic E-state index is 0.272. The normalized spacial score (nSPS) is 11.9. The van der Waals surface area contributed by atoms with E-state index in [-0.39, 0.29) is 12.6 Å². The van der Waals surface area contributed by atoms with Crippen molar-refractivity contribution in [3.05, 3.63) is 29.8 Å². The number of aliphatic hydroxyl groups excluding tert-OH is 1. The minimum atomic E-state index is -0.483. The summed E-state index contributed by atoms with van der Waals surface area (Å²) in [4.78, 5) is 11.4. The summed E-state index contributed by atoms with van der Waals surface area (Å²) in [5.41, 5.74) is 1.84. The van der Waals surface area contributed by atoms with Gasteiger partial charge in [-0.15, -0.1) is 0 Å². The number of aryl methyl sites for hydroxylation is 1. The first-order chi connectivity index (χ1) is 7.61. The molecule has 1 rings (SSSR count). The van der Waals surface area contributed by atoms with Gasteiger partial charge in [-0.3, -0.25) is 0 Å². The van der Waals surface area contributed by atoms with Crippen LogP contribution in [0.25, 0.3) is 0 Å². The third kappa shape index (κ3) is 4.31. The second-order valence-corrected chi connectivity index (χ2v) is 3.77. The lowest BCUT2D eigenvalue weighted by Crippen LogP contribution is -2.34. The van der Waals surface area contributed by atoms with Crippen LogP contribution in [0.3, 0.4) is 0 Å². The van der Waals surface area contributed by atoms with Gasteiger partial charge in [0.2, 0.25) is 0 Å². The number of hydrogen-bond acceptors (Lipinski definition) is 2. The van der Waals surface area contributed by atoms with Crippen LogP contribution in [-0.4, -0.2) is 23.8 Å². The van der Waals surface area contributed by atoms with Crippen molar-refractivity contribution < 1.29 is 9.90 Å². The maximum Gasteiger partial charge on any atom is 0.319 e. The number of anilines is 1. The molecule has 1 aromatic rings. The lowest BCUT2D eigenvalue weighted by molar-refractivity contribution is 0.168. The molecule has 0 saturated carbocycles. The van der Waals surface area contributed by atoms with Gasteiger partial charge in [-0.25, -0.2) is 4.79 Å². The second kappa shape index (κ2) is 6.12. The Kier molecular flexibility index (Phi) is 4.79. The van der Waals surface area contributed by atoms with Gasteiger partial charge in [0.1, 0.15) is 0 Å². The molecule has 0 bridgehead atoms. The predicted molar refractivity (Wildman–Crippen MR) is 64.5 cm³/mol. The van der Waals surface area contributed by atoms with E-state index in [1.807, 2.05) is 38.1 Å². The Morgan fingerprint density at radius 2 is 2.25 bits per heavy atom. The summed E-state index contributed by atoms with van der Waals surface area (Å²) in [6, 6.07) is 7.26. The van der Waals surface area contributed by atoms with Gasteiger partial charge >= 0.3 is 6.03 Å². The van der Waals surface area contributed by atoms with Crippen molar-refractivity contribution in [2.24, 2.45) is 0 Å². The van der Waals surface area contributed by atoms with Crippen molar-refractivity contribution in [2.45, 2.75) is 26.4 Å². The third-order valence-corrected chi connectivity index (χ3v) is 2.25. The molecule has 88 valence electrons. The molecule has 16 heavy (non-hydrogen) atoms. The van der Waals surface area contributed by atoms with Crippen molar-refractivity contribution >= 4 is 11.7 Å². The van der Waals surface area contributed by atoms with Crippen LogP contribution in [0.2, 0.25) is 0 Å². The van der Waals surface area contributed by atoms with Gasteiger partial charge in [0.05, 0.1) is 6.10 Å². The molecule has 4 nitrogen and oxygen atoms in total. The van der Waals surface area contributed by atoms with Gasteiger partial charge < -0.3 is 15.7 Å². The Bertz CT molecular complexity index is 353. The number of amides is 2. The zero-order valence-corrected chi connectivity index (χ0v) is 9.66. The first-order valence-electron chi connectivity index (χ1n) is 5.41. The number of urea groups is 1. The van der Waals surface area contributed by atoms with Crippen LogP contribution < -0.4 is 10.6 Å². The molecule has 0 heterocycles. The van der Waals surface area contributed by atoms with E-state index in [0.29, 0.717) is 6.42 Å². The molecular weight excluding hydrogens is 204 g/mol. The Morgan fingerprint density at radius 3 is 2.88 bits per heavy atom. The first-order valence-corrected chi connectivity index (χ1v) is 5.41. The van der Waals surface area contributed by atoms with E-state index in [9.17, 15) is 9.90 Å². The molecule has 0 aliphatic rings. The number of benzene rings is 1. The van der Waals surface area contributed by atoms with Crippen LogP contribution in [0.4, 0.5) is 10.5 Å². The highest BCUT2D eigenvalue weighted by atomic mass is 16.3. The fourth-order valence-electron chi connectivity index (χ4n) is 1.25. The van der Waals surface area contributed by atoms with Crippen LogP contribution in [-0.2, 0) is 0 Å². The molecule has 3 N–H and O–H groups in total. The SMILES string of the molecule is CCC(O)CNC(=O)Nc1cccc(C)c1. The van der Waals surface area contributed by atoms with Gasteiger partial charge in [0, 0.05) is 12.2 Å². The molecule has 1 aromatic carbocycles. The van der Waals surface area contributed by atoms with Gasteiger partial charge in [0.25, 0.3) is 0 Å². The quantitative estimate of drug-likeness (QED) is 0.728. The topological polar surface area (TPSA) is 61.4 Å². The number of nitrogens with one attached hydrogen (secondary N) is 2. The van der Waals surface area contributed by atoms with E-state index in [2.05, 4.69) is 10.6 Å². The van der Waals surface area contributed by atoms with Crippen LogP contribution in [0.15, 0.2) is 24.3 Å². The van der Waals surface area contributed by atoms with Crippen LogP contribution in [0.5, 0.6) is 0 Å². The Labute approximate surface area is 95.7 Å². The van der Waals surface area contributed by atoms with Gasteiger partial charge in [-0.2, -0.15) is 0 Å². The summed E-state index contributed by atoms with van der Waals surface area (Å²) in [7, 11) is 0. The Hall–Kier alpha value is -1.55. The fraction of sp³-hybridized carbons (Fsp3) is 0.417. The van der Waals surface area contributed by atoms with E-state index in [1.54, 1.807) is 0 Å². The standard InChI is InChI=1S/C12H18N2O2/c1-3-11(15)8-13-12(16)14-10-6-4-5-9(2)7-10/h4-7,11,15H,3,8H2,1-2H3,(H2,13,14,16). The van der Waals surface area contributed by atoms with Gasteiger partial charge in [-0.1, -0.05) is 19.1 Å².